The summed E-state index contributed by atoms with van der Waals surface area (Å²) in [7, 11) is 0. The lowest BCUT2D eigenvalue weighted by Gasteiger charge is -2.31. The van der Waals surface area contributed by atoms with Crippen molar-refractivity contribution in [2.45, 2.75) is 19.0 Å². The molecule has 0 saturated carbocycles. The van der Waals surface area contributed by atoms with Crippen LogP contribution in [0.2, 0.25) is 0 Å². The maximum atomic E-state index is 12.8. The van der Waals surface area contributed by atoms with E-state index in [0.29, 0.717) is 18.6 Å². The van der Waals surface area contributed by atoms with Gasteiger partial charge in [-0.1, -0.05) is 48.5 Å². The van der Waals surface area contributed by atoms with Gasteiger partial charge in [0.15, 0.2) is 0 Å². The average Bonchev–Trinajstić information content (AvgIpc) is 2.76. The van der Waals surface area contributed by atoms with Crippen LogP contribution >= 0.6 is 0 Å². The van der Waals surface area contributed by atoms with E-state index in [1.54, 1.807) is 11.0 Å². The van der Waals surface area contributed by atoms with Crippen LogP contribution < -0.4 is 5.32 Å². The molecule has 1 unspecified atom stereocenters. The molecule has 2 N–H and O–H groups in total. The number of fused-ring (bicyclic) bond motifs is 2. The normalized spacial score (nSPS) is 14.4. The number of hydrogen-bond donors (Lipinski definition) is 2. The van der Waals surface area contributed by atoms with Gasteiger partial charge < -0.3 is 15.3 Å². The first-order chi connectivity index (χ1) is 13.7. The first kappa shape index (κ1) is 18.1. The second-order valence-corrected chi connectivity index (χ2v) is 6.88. The van der Waals surface area contributed by atoms with Gasteiger partial charge in [-0.25, -0.2) is 4.98 Å². The molecule has 1 aliphatic rings. The number of nitrogens with one attached hydrogen (secondary N) is 1. The monoisotopic (exact) mass is 375 g/mol. The van der Waals surface area contributed by atoms with E-state index >= 15 is 0 Å². The van der Waals surface area contributed by atoms with E-state index < -0.39 is 18.6 Å². The SMILES string of the molecule is O=C(NC(CO)C(=O)N1CCc2ccccc2C1)c1ccc2ccccc2n1. The number of aliphatic hydroxyl groups excluding tert-OH is 1. The highest BCUT2D eigenvalue weighted by Gasteiger charge is 2.28. The minimum absolute atomic E-state index is 0.217. The van der Waals surface area contributed by atoms with E-state index in [0.717, 1.165) is 17.4 Å². The summed E-state index contributed by atoms with van der Waals surface area (Å²) in [5.41, 5.74) is 3.25. The lowest BCUT2D eigenvalue weighted by Crippen LogP contribution is -2.51. The topological polar surface area (TPSA) is 82.5 Å². The molecule has 6 heteroatoms. The molecule has 0 radical (unpaired) electrons. The van der Waals surface area contributed by atoms with Gasteiger partial charge in [0, 0.05) is 18.5 Å². The molecule has 2 heterocycles. The van der Waals surface area contributed by atoms with Gasteiger partial charge in [0.1, 0.15) is 11.7 Å². The van der Waals surface area contributed by atoms with Crippen LogP contribution in [-0.4, -0.2) is 46.0 Å². The number of rotatable bonds is 4. The second kappa shape index (κ2) is 7.78. The molecule has 1 aliphatic heterocycles. The fraction of sp³-hybridized carbons (Fsp3) is 0.227. The van der Waals surface area contributed by atoms with E-state index in [2.05, 4.69) is 16.4 Å². The van der Waals surface area contributed by atoms with E-state index in [4.69, 9.17) is 0 Å². The Labute approximate surface area is 162 Å². The molecule has 0 bridgehead atoms. The third-order valence-electron chi connectivity index (χ3n) is 5.06. The van der Waals surface area contributed by atoms with Gasteiger partial charge in [0.2, 0.25) is 5.91 Å². The molecule has 28 heavy (non-hydrogen) atoms. The second-order valence-electron chi connectivity index (χ2n) is 6.88. The Morgan fingerprint density at radius 3 is 2.61 bits per heavy atom. The van der Waals surface area contributed by atoms with E-state index in [9.17, 15) is 14.7 Å². The highest BCUT2D eigenvalue weighted by Crippen LogP contribution is 2.19. The molecule has 3 aromatic rings. The molecule has 0 aliphatic carbocycles. The number of aromatic nitrogens is 1. The predicted octanol–water partition coefficient (Wildman–Crippen LogP) is 1.91. The largest absolute Gasteiger partial charge is 0.394 e. The van der Waals surface area contributed by atoms with Crippen LogP contribution in [0.1, 0.15) is 21.6 Å². The Balaban J connectivity index is 1.47. The fourth-order valence-corrected chi connectivity index (χ4v) is 3.51. The summed E-state index contributed by atoms with van der Waals surface area (Å²) >= 11 is 0. The number of benzene rings is 2. The number of para-hydroxylation sites is 1. The molecular formula is C22H21N3O3. The predicted molar refractivity (Wildman–Crippen MR) is 106 cm³/mol. The summed E-state index contributed by atoms with van der Waals surface area (Å²) in [4.78, 5) is 31.5. The number of carbonyl (C=O) groups is 2. The Morgan fingerprint density at radius 1 is 1.04 bits per heavy atom. The van der Waals surface area contributed by atoms with E-state index in [1.807, 2.05) is 48.5 Å². The molecule has 2 aromatic carbocycles. The highest BCUT2D eigenvalue weighted by atomic mass is 16.3. The molecule has 6 nitrogen and oxygen atoms in total. The standard InChI is InChI=1S/C22H21N3O3/c26-14-20(22(28)25-12-11-15-5-1-2-7-17(15)13-25)24-21(27)19-10-9-16-6-3-4-8-18(16)23-19/h1-10,20,26H,11-14H2,(H,24,27). The molecule has 0 spiro atoms. The van der Waals surface area contributed by atoms with E-state index in [1.165, 1.54) is 5.56 Å². The molecule has 142 valence electrons. The zero-order valence-electron chi connectivity index (χ0n) is 15.3. The van der Waals surface area contributed by atoms with Gasteiger partial charge >= 0.3 is 0 Å². The Morgan fingerprint density at radius 2 is 1.79 bits per heavy atom. The van der Waals surface area contributed by atoms with Crippen LogP contribution in [0, 0.1) is 0 Å². The summed E-state index contributed by atoms with van der Waals surface area (Å²) in [5.74, 6) is -0.762. The summed E-state index contributed by atoms with van der Waals surface area (Å²) in [6, 6.07) is 17.9. The molecular weight excluding hydrogens is 354 g/mol. The molecule has 1 aromatic heterocycles. The van der Waals surface area contributed by atoms with Crippen molar-refractivity contribution in [3.8, 4) is 0 Å². The Kier molecular flexibility index (Phi) is 5.04. The highest BCUT2D eigenvalue weighted by molar-refractivity contribution is 5.97. The summed E-state index contributed by atoms with van der Waals surface area (Å²) in [5, 5.41) is 13.3. The van der Waals surface area contributed by atoms with Crippen molar-refractivity contribution in [1.29, 1.82) is 0 Å². The number of carbonyl (C=O) groups excluding carboxylic acids is 2. The number of pyridine rings is 1. The van der Waals surface area contributed by atoms with Gasteiger partial charge in [-0.2, -0.15) is 0 Å². The minimum Gasteiger partial charge on any atom is -0.394 e. The Bertz CT molecular complexity index is 1030. The minimum atomic E-state index is -0.994. The van der Waals surface area contributed by atoms with Crippen LogP contribution in [0.3, 0.4) is 0 Å². The van der Waals surface area contributed by atoms with Crippen molar-refractivity contribution in [1.82, 2.24) is 15.2 Å². The third-order valence-corrected chi connectivity index (χ3v) is 5.06. The quantitative estimate of drug-likeness (QED) is 0.730. The number of amides is 2. The zero-order valence-corrected chi connectivity index (χ0v) is 15.3. The molecule has 0 saturated heterocycles. The van der Waals surface area contributed by atoms with Crippen LogP contribution in [0.4, 0.5) is 0 Å². The molecule has 0 fully saturated rings. The van der Waals surface area contributed by atoms with Crippen LogP contribution in [0.15, 0.2) is 60.7 Å². The van der Waals surface area contributed by atoms with Crippen molar-refractivity contribution < 1.29 is 14.7 Å². The summed E-state index contributed by atoms with van der Waals surface area (Å²) in [6.45, 7) is 0.586. The van der Waals surface area contributed by atoms with E-state index in [-0.39, 0.29) is 11.6 Å². The van der Waals surface area contributed by atoms with Crippen molar-refractivity contribution >= 4 is 22.7 Å². The number of hydrogen-bond acceptors (Lipinski definition) is 4. The summed E-state index contributed by atoms with van der Waals surface area (Å²) < 4.78 is 0. The first-order valence-corrected chi connectivity index (χ1v) is 9.29. The first-order valence-electron chi connectivity index (χ1n) is 9.29. The summed E-state index contributed by atoms with van der Waals surface area (Å²) in [6.07, 6.45) is 0.764. The maximum Gasteiger partial charge on any atom is 0.270 e. The molecule has 2 amide bonds. The van der Waals surface area contributed by atoms with Crippen LogP contribution in [0.25, 0.3) is 10.9 Å². The van der Waals surface area contributed by atoms with Gasteiger partial charge in [-0.15, -0.1) is 0 Å². The van der Waals surface area contributed by atoms with Crippen molar-refractivity contribution in [3.05, 3.63) is 77.5 Å². The van der Waals surface area contributed by atoms with Crippen molar-refractivity contribution in [3.63, 3.8) is 0 Å². The van der Waals surface area contributed by atoms with Gasteiger partial charge in [0.25, 0.3) is 5.91 Å². The van der Waals surface area contributed by atoms with Crippen molar-refractivity contribution in [2.24, 2.45) is 0 Å². The average molecular weight is 375 g/mol. The zero-order chi connectivity index (χ0) is 19.5. The van der Waals surface area contributed by atoms with Crippen molar-refractivity contribution in [2.75, 3.05) is 13.2 Å². The van der Waals surface area contributed by atoms with Crippen LogP contribution in [0.5, 0.6) is 0 Å². The van der Waals surface area contributed by atoms with Gasteiger partial charge in [0.05, 0.1) is 12.1 Å². The Hall–Kier alpha value is -3.25. The number of aliphatic hydroxyl groups is 1. The molecule has 1 atom stereocenters. The lowest BCUT2D eigenvalue weighted by molar-refractivity contribution is -0.135. The van der Waals surface area contributed by atoms with Crippen LogP contribution in [-0.2, 0) is 17.8 Å². The van der Waals surface area contributed by atoms with Gasteiger partial charge in [-0.3, -0.25) is 9.59 Å². The number of nitrogens with zero attached hydrogens (tertiary/aromatic N) is 2. The third kappa shape index (κ3) is 3.59. The van der Waals surface area contributed by atoms with Gasteiger partial charge in [-0.05, 0) is 29.7 Å². The molecule has 4 rings (SSSR count). The smallest absolute Gasteiger partial charge is 0.270 e. The fourth-order valence-electron chi connectivity index (χ4n) is 3.51. The lowest BCUT2D eigenvalue weighted by atomic mass is 9.99. The maximum absolute atomic E-state index is 12.8.